The number of methoxy groups -OCH3 is 1. The van der Waals surface area contributed by atoms with Gasteiger partial charge in [-0.25, -0.2) is 19.2 Å². The smallest absolute Gasteiger partial charge is 0.261 e. The van der Waals surface area contributed by atoms with Gasteiger partial charge in [0.2, 0.25) is 0 Å². The largest absolute Gasteiger partial charge is 0.497 e. The van der Waals surface area contributed by atoms with Crippen molar-refractivity contribution < 1.29 is 13.2 Å². The van der Waals surface area contributed by atoms with E-state index in [9.17, 15) is 8.42 Å². The van der Waals surface area contributed by atoms with Crippen LogP contribution in [0, 0.1) is 0 Å². The molecule has 0 saturated carbocycles. The standard InChI is InChI=1S/C14H14N4O3S2/c1-21-10-4-2-9(3-5-10)18-23(19,20)11-6-7-12-13(8-11)22-14(16-12)17-15/h2-8,18H,15H2,1H3,(H,16,17). The molecule has 1 aromatic heterocycles. The molecule has 0 aliphatic rings. The summed E-state index contributed by atoms with van der Waals surface area (Å²) >= 11 is 1.28. The van der Waals surface area contributed by atoms with Gasteiger partial charge in [-0.15, -0.1) is 0 Å². The van der Waals surface area contributed by atoms with Gasteiger partial charge < -0.3 is 4.74 Å². The average molecular weight is 350 g/mol. The van der Waals surface area contributed by atoms with Crippen molar-refractivity contribution >= 4 is 42.4 Å². The van der Waals surface area contributed by atoms with Crippen LogP contribution in [0.15, 0.2) is 47.4 Å². The third kappa shape index (κ3) is 3.21. The van der Waals surface area contributed by atoms with Gasteiger partial charge in [-0.1, -0.05) is 11.3 Å². The van der Waals surface area contributed by atoms with Gasteiger partial charge in [0.25, 0.3) is 10.0 Å². The summed E-state index contributed by atoms with van der Waals surface area (Å²) in [5.74, 6) is 5.97. The summed E-state index contributed by atoms with van der Waals surface area (Å²) in [6.45, 7) is 0. The molecule has 0 bridgehead atoms. The van der Waals surface area contributed by atoms with E-state index < -0.39 is 10.0 Å². The van der Waals surface area contributed by atoms with Crippen molar-refractivity contribution in [3.8, 4) is 5.75 Å². The number of benzene rings is 2. The SMILES string of the molecule is COc1ccc(NS(=O)(=O)c2ccc3nc(NN)sc3c2)cc1. The summed E-state index contributed by atoms with van der Waals surface area (Å²) in [6.07, 6.45) is 0. The van der Waals surface area contributed by atoms with E-state index in [1.807, 2.05) is 0 Å². The predicted octanol–water partition coefficient (Wildman–Crippen LogP) is 2.39. The van der Waals surface area contributed by atoms with Gasteiger partial charge in [-0.2, -0.15) is 0 Å². The quantitative estimate of drug-likeness (QED) is 0.482. The number of nitrogen functional groups attached to an aromatic ring is 1. The van der Waals surface area contributed by atoms with Gasteiger partial charge >= 0.3 is 0 Å². The maximum absolute atomic E-state index is 12.5. The molecule has 2 aromatic carbocycles. The lowest BCUT2D eigenvalue weighted by atomic mass is 10.3. The molecular formula is C14H14N4O3S2. The third-order valence-electron chi connectivity index (χ3n) is 3.14. The Morgan fingerprint density at radius 1 is 1.17 bits per heavy atom. The van der Waals surface area contributed by atoms with Gasteiger partial charge in [-0.3, -0.25) is 10.1 Å². The van der Waals surface area contributed by atoms with E-state index in [-0.39, 0.29) is 4.90 Å². The van der Waals surface area contributed by atoms with Crippen LogP contribution in [0.1, 0.15) is 0 Å². The van der Waals surface area contributed by atoms with Gasteiger partial charge in [-0.05, 0) is 42.5 Å². The number of nitrogens with zero attached hydrogens (tertiary/aromatic N) is 1. The molecule has 0 aliphatic heterocycles. The summed E-state index contributed by atoms with van der Waals surface area (Å²) in [7, 11) is -2.14. The van der Waals surface area contributed by atoms with Gasteiger partial charge in [0, 0.05) is 5.69 Å². The first kappa shape index (κ1) is 15.5. The molecule has 23 heavy (non-hydrogen) atoms. The van der Waals surface area contributed by atoms with E-state index >= 15 is 0 Å². The molecule has 1 heterocycles. The zero-order chi connectivity index (χ0) is 16.4. The van der Waals surface area contributed by atoms with Crippen LogP contribution in [0.2, 0.25) is 0 Å². The van der Waals surface area contributed by atoms with E-state index in [1.54, 1.807) is 43.5 Å². The van der Waals surface area contributed by atoms with E-state index in [0.29, 0.717) is 22.1 Å². The van der Waals surface area contributed by atoms with Crippen LogP contribution in [0.3, 0.4) is 0 Å². The van der Waals surface area contributed by atoms with Gasteiger partial charge in [0.15, 0.2) is 5.13 Å². The summed E-state index contributed by atoms with van der Waals surface area (Å²) in [4.78, 5) is 4.37. The molecule has 120 valence electrons. The topological polar surface area (TPSA) is 106 Å². The van der Waals surface area contributed by atoms with Crippen LogP contribution >= 0.6 is 11.3 Å². The van der Waals surface area contributed by atoms with E-state index in [2.05, 4.69) is 15.1 Å². The molecule has 0 unspecified atom stereocenters. The number of thiazole rings is 1. The molecule has 0 fully saturated rings. The number of aromatic nitrogens is 1. The van der Waals surface area contributed by atoms with Crippen LogP contribution < -0.4 is 20.7 Å². The molecule has 0 atom stereocenters. The summed E-state index contributed by atoms with van der Waals surface area (Å²) in [5.41, 5.74) is 3.60. The van der Waals surface area contributed by atoms with Crippen LogP contribution in [-0.4, -0.2) is 20.5 Å². The van der Waals surface area contributed by atoms with Crippen molar-refractivity contribution in [1.82, 2.24) is 4.98 Å². The number of fused-ring (bicyclic) bond motifs is 1. The molecule has 4 N–H and O–H groups in total. The first-order valence-corrected chi connectivity index (χ1v) is 8.86. The molecule has 0 spiro atoms. The number of hydrazine groups is 1. The maximum atomic E-state index is 12.5. The second kappa shape index (κ2) is 6.03. The molecular weight excluding hydrogens is 336 g/mol. The number of sulfonamides is 1. The minimum Gasteiger partial charge on any atom is -0.497 e. The van der Waals surface area contributed by atoms with Crippen molar-refractivity contribution in [3.63, 3.8) is 0 Å². The molecule has 0 saturated heterocycles. The highest BCUT2D eigenvalue weighted by molar-refractivity contribution is 7.92. The number of anilines is 2. The molecule has 0 amide bonds. The first-order valence-electron chi connectivity index (χ1n) is 6.56. The van der Waals surface area contributed by atoms with E-state index in [1.165, 1.54) is 17.4 Å². The maximum Gasteiger partial charge on any atom is 0.261 e. The second-order valence-electron chi connectivity index (χ2n) is 4.63. The van der Waals surface area contributed by atoms with Crippen molar-refractivity contribution in [2.24, 2.45) is 5.84 Å². The first-order chi connectivity index (χ1) is 11.0. The number of ether oxygens (including phenoxy) is 1. The summed E-state index contributed by atoms with van der Waals surface area (Å²) < 4.78 is 33.3. The number of nitrogens with one attached hydrogen (secondary N) is 2. The van der Waals surface area contributed by atoms with Crippen molar-refractivity contribution in [1.29, 1.82) is 0 Å². The monoisotopic (exact) mass is 350 g/mol. The highest BCUT2D eigenvalue weighted by Crippen LogP contribution is 2.28. The Labute approximate surface area is 137 Å². The Morgan fingerprint density at radius 2 is 1.91 bits per heavy atom. The lowest BCUT2D eigenvalue weighted by molar-refractivity contribution is 0.415. The van der Waals surface area contributed by atoms with Gasteiger partial charge in [0.05, 0.1) is 22.2 Å². The number of hydrogen-bond donors (Lipinski definition) is 3. The normalized spacial score (nSPS) is 11.4. The predicted molar refractivity (Wildman–Crippen MR) is 91.2 cm³/mol. The van der Waals surface area contributed by atoms with Crippen LogP contribution in [0.25, 0.3) is 10.2 Å². The molecule has 9 heteroatoms. The Hall–Kier alpha value is -2.36. The van der Waals surface area contributed by atoms with Crippen LogP contribution in [0.4, 0.5) is 10.8 Å². The zero-order valence-electron chi connectivity index (χ0n) is 12.1. The Morgan fingerprint density at radius 3 is 2.57 bits per heavy atom. The summed E-state index contributed by atoms with van der Waals surface area (Å²) in [6, 6.07) is 11.4. The Kier molecular flexibility index (Phi) is 4.07. The fourth-order valence-corrected chi connectivity index (χ4v) is 3.98. The highest BCUT2D eigenvalue weighted by Gasteiger charge is 2.16. The number of rotatable bonds is 5. The Balaban J connectivity index is 1.91. The van der Waals surface area contributed by atoms with E-state index in [4.69, 9.17) is 10.6 Å². The second-order valence-corrected chi connectivity index (χ2v) is 7.34. The van der Waals surface area contributed by atoms with E-state index in [0.717, 1.165) is 4.70 Å². The van der Waals surface area contributed by atoms with Crippen molar-refractivity contribution in [3.05, 3.63) is 42.5 Å². The third-order valence-corrected chi connectivity index (χ3v) is 5.46. The lowest BCUT2D eigenvalue weighted by Gasteiger charge is -2.08. The van der Waals surface area contributed by atoms with Crippen LogP contribution in [-0.2, 0) is 10.0 Å². The lowest BCUT2D eigenvalue weighted by Crippen LogP contribution is -2.12. The average Bonchev–Trinajstić information content (AvgIpc) is 2.97. The molecule has 0 radical (unpaired) electrons. The van der Waals surface area contributed by atoms with Crippen molar-refractivity contribution in [2.75, 3.05) is 17.3 Å². The fourth-order valence-electron chi connectivity index (χ4n) is 2.01. The zero-order valence-corrected chi connectivity index (χ0v) is 13.7. The molecule has 0 aliphatic carbocycles. The highest BCUT2D eigenvalue weighted by atomic mass is 32.2. The van der Waals surface area contributed by atoms with Crippen molar-refractivity contribution in [2.45, 2.75) is 4.90 Å². The van der Waals surface area contributed by atoms with Gasteiger partial charge in [0.1, 0.15) is 5.75 Å². The number of nitrogens with two attached hydrogens (primary N) is 1. The fraction of sp³-hybridized carbons (Fsp3) is 0.0714. The number of hydrogen-bond acceptors (Lipinski definition) is 7. The minimum atomic E-state index is -3.69. The Bertz CT molecular complexity index is 936. The molecule has 3 rings (SSSR count). The minimum absolute atomic E-state index is 0.160. The molecule has 7 nitrogen and oxygen atoms in total. The molecule has 3 aromatic rings. The summed E-state index contributed by atoms with van der Waals surface area (Å²) in [5, 5.41) is 0.526. The van der Waals surface area contributed by atoms with Crippen LogP contribution in [0.5, 0.6) is 5.75 Å².